The molecule has 2 aromatic rings. The van der Waals surface area contributed by atoms with Gasteiger partial charge >= 0.3 is 11.9 Å². The van der Waals surface area contributed by atoms with Crippen molar-refractivity contribution in [3.8, 4) is 11.5 Å². The van der Waals surface area contributed by atoms with Gasteiger partial charge in [-0.3, -0.25) is 5.01 Å². The van der Waals surface area contributed by atoms with E-state index in [1.54, 1.807) is 14.2 Å². The fraction of sp³-hybridized carbons (Fsp3) is 0.424. The Labute approximate surface area is 270 Å². The van der Waals surface area contributed by atoms with E-state index < -0.39 is 21.8 Å². The molecule has 2 saturated heterocycles. The van der Waals surface area contributed by atoms with Crippen LogP contribution in [-0.4, -0.2) is 123 Å². The van der Waals surface area contributed by atoms with Gasteiger partial charge in [-0.15, -0.1) is 0 Å². The van der Waals surface area contributed by atoms with Gasteiger partial charge in [0.1, 0.15) is 11.5 Å². The lowest BCUT2D eigenvalue weighted by molar-refractivity contribution is -0.134. The first-order valence-electron chi connectivity index (χ1n) is 15.1. The zero-order valence-electron chi connectivity index (χ0n) is 26.4. The van der Waals surface area contributed by atoms with Gasteiger partial charge in [0.2, 0.25) is 0 Å². The first kappa shape index (κ1) is 34.7. The van der Waals surface area contributed by atoms with Gasteiger partial charge < -0.3 is 29.5 Å². The minimum Gasteiger partial charge on any atom is -0.497 e. The Kier molecular flexibility index (Phi) is 12.0. The zero-order chi connectivity index (χ0) is 33.3. The number of sulfone groups is 1. The van der Waals surface area contributed by atoms with E-state index in [2.05, 4.69) is 21.9 Å². The van der Waals surface area contributed by atoms with Crippen LogP contribution in [-0.2, 0) is 19.4 Å². The van der Waals surface area contributed by atoms with Crippen LogP contribution in [0.2, 0.25) is 0 Å². The summed E-state index contributed by atoms with van der Waals surface area (Å²) in [5.41, 5.74) is 3.69. The maximum absolute atomic E-state index is 13.2. The molecule has 0 radical (unpaired) electrons. The number of carboxylic acid groups (broad SMARTS) is 2. The van der Waals surface area contributed by atoms with Crippen LogP contribution >= 0.6 is 0 Å². The Balaban J connectivity index is 0.000000533. The van der Waals surface area contributed by atoms with Crippen LogP contribution in [0.25, 0.3) is 6.08 Å². The lowest BCUT2D eigenvalue weighted by atomic mass is 9.87. The highest BCUT2D eigenvalue weighted by molar-refractivity contribution is 7.91. The van der Waals surface area contributed by atoms with Gasteiger partial charge in [-0.2, -0.15) is 5.10 Å². The standard InChI is InChI=1S/C29H38N4O4S.C4H4O4/c1-31-15-17-32(18-16-31)13-4-14-33-29(23-7-11-26(37-3)12-8-23)27-21-38(34,35)20-24(28(27)30-33)19-22-5-9-25(36-2)10-6-22;5-3(6)1-2-4(7)8/h5-12,19,27,29H,4,13-18,20-21H2,1-3H3;1-2H,(H,5,6)(H,7,8)/b24-19-;2-1-. The van der Waals surface area contributed by atoms with Crippen molar-refractivity contribution in [2.45, 2.75) is 12.5 Å². The zero-order valence-corrected chi connectivity index (χ0v) is 27.2. The molecular formula is C33H42N4O8S. The monoisotopic (exact) mass is 654 g/mol. The van der Waals surface area contributed by atoms with E-state index in [0.29, 0.717) is 12.2 Å². The van der Waals surface area contributed by atoms with Crippen LogP contribution in [0.1, 0.15) is 23.6 Å². The average molecular weight is 655 g/mol. The van der Waals surface area contributed by atoms with Gasteiger partial charge in [0, 0.05) is 50.8 Å². The van der Waals surface area contributed by atoms with Crippen LogP contribution in [0.4, 0.5) is 0 Å². The van der Waals surface area contributed by atoms with Crippen molar-refractivity contribution in [2.24, 2.45) is 11.0 Å². The lowest BCUT2D eigenvalue weighted by Gasteiger charge is -2.33. The highest BCUT2D eigenvalue weighted by Crippen LogP contribution is 2.42. The molecule has 2 N–H and O–H groups in total. The van der Waals surface area contributed by atoms with Gasteiger partial charge in [-0.05, 0) is 67.1 Å². The number of hydrazone groups is 1. The minimum atomic E-state index is -3.28. The SMILES string of the molecule is COc1ccc(/C=C2/CS(=O)(=O)CC3C2=NN(CCCN2CCN(C)CC2)C3c2ccc(OC)cc2)cc1.O=C(O)/C=C\C(=O)O. The molecule has 13 heteroatoms. The number of benzene rings is 2. The van der Waals surface area contributed by atoms with Crippen LogP contribution < -0.4 is 9.47 Å². The van der Waals surface area contributed by atoms with Gasteiger partial charge in [0.25, 0.3) is 0 Å². The van der Waals surface area contributed by atoms with Crippen molar-refractivity contribution >= 4 is 33.6 Å². The third-order valence-corrected chi connectivity index (χ3v) is 9.79. The Morgan fingerprint density at radius 1 is 0.891 bits per heavy atom. The van der Waals surface area contributed by atoms with Crippen LogP contribution in [0.15, 0.2) is 71.4 Å². The predicted molar refractivity (Wildman–Crippen MR) is 176 cm³/mol. The summed E-state index contributed by atoms with van der Waals surface area (Å²) < 4.78 is 37.0. The number of hydrogen-bond acceptors (Lipinski definition) is 10. The highest BCUT2D eigenvalue weighted by atomic mass is 32.2. The Bertz CT molecular complexity index is 1530. The Morgan fingerprint density at radius 3 is 2.00 bits per heavy atom. The smallest absolute Gasteiger partial charge is 0.328 e. The second-order valence-electron chi connectivity index (χ2n) is 11.5. The van der Waals surface area contributed by atoms with Crippen molar-refractivity contribution in [3.63, 3.8) is 0 Å². The molecule has 3 heterocycles. The molecule has 3 aliphatic heterocycles. The number of hydrogen-bond donors (Lipinski definition) is 2. The summed E-state index contributed by atoms with van der Waals surface area (Å²) in [5.74, 6) is -1.05. The van der Waals surface area contributed by atoms with Crippen molar-refractivity contribution in [1.82, 2.24) is 14.8 Å². The molecule has 0 aliphatic carbocycles. The Morgan fingerprint density at radius 2 is 1.46 bits per heavy atom. The van der Waals surface area contributed by atoms with E-state index in [4.69, 9.17) is 24.8 Å². The van der Waals surface area contributed by atoms with E-state index in [-0.39, 0.29) is 23.5 Å². The molecule has 0 saturated carbocycles. The third kappa shape index (κ3) is 9.65. The van der Waals surface area contributed by atoms with Gasteiger partial charge in [-0.1, -0.05) is 24.3 Å². The molecular weight excluding hydrogens is 612 g/mol. The van der Waals surface area contributed by atoms with Crippen molar-refractivity contribution < 1.29 is 37.7 Å². The summed E-state index contributed by atoms with van der Waals surface area (Å²) in [5, 5.41) is 22.9. The number of piperazine rings is 1. The number of carboxylic acids is 2. The molecule has 2 aromatic carbocycles. The molecule has 248 valence electrons. The molecule has 2 atom stereocenters. The molecule has 2 unspecified atom stereocenters. The van der Waals surface area contributed by atoms with Crippen molar-refractivity contribution in [3.05, 3.63) is 77.4 Å². The van der Waals surface area contributed by atoms with E-state index >= 15 is 0 Å². The fourth-order valence-electron chi connectivity index (χ4n) is 5.83. The van der Waals surface area contributed by atoms with E-state index in [0.717, 1.165) is 79.6 Å². The summed E-state index contributed by atoms with van der Waals surface area (Å²) in [6, 6.07) is 15.5. The molecule has 0 spiro atoms. The first-order chi connectivity index (χ1) is 22.0. The number of methoxy groups -OCH3 is 2. The van der Waals surface area contributed by atoms with Gasteiger partial charge in [-0.25, -0.2) is 18.0 Å². The highest BCUT2D eigenvalue weighted by Gasteiger charge is 2.45. The summed E-state index contributed by atoms with van der Waals surface area (Å²) in [6.45, 7) is 6.16. The lowest BCUT2D eigenvalue weighted by Crippen LogP contribution is -2.45. The van der Waals surface area contributed by atoms with Crippen molar-refractivity contribution in [2.75, 3.05) is 72.0 Å². The number of aliphatic carboxylic acids is 2. The predicted octanol–water partition coefficient (Wildman–Crippen LogP) is 2.89. The number of rotatable bonds is 10. The quantitative estimate of drug-likeness (QED) is 0.364. The second-order valence-corrected chi connectivity index (χ2v) is 13.6. The molecule has 2 fully saturated rings. The summed E-state index contributed by atoms with van der Waals surface area (Å²) in [6.07, 6.45) is 4.07. The Hall–Kier alpha value is -4.20. The fourth-order valence-corrected chi connectivity index (χ4v) is 7.54. The van der Waals surface area contributed by atoms with Crippen molar-refractivity contribution in [1.29, 1.82) is 0 Å². The normalized spacial score (nSPS) is 22.1. The number of fused-ring (bicyclic) bond motifs is 1. The van der Waals surface area contributed by atoms with Gasteiger partial charge in [0.15, 0.2) is 9.84 Å². The second kappa shape index (κ2) is 15.9. The number of ether oxygens (including phenoxy) is 2. The molecule has 46 heavy (non-hydrogen) atoms. The molecule has 0 bridgehead atoms. The first-order valence-corrected chi connectivity index (χ1v) is 16.9. The van der Waals surface area contributed by atoms with E-state index in [1.807, 2.05) is 54.6 Å². The minimum absolute atomic E-state index is 0.0127. The molecule has 3 aliphatic rings. The molecule has 0 amide bonds. The van der Waals surface area contributed by atoms with Gasteiger partial charge in [0.05, 0.1) is 37.5 Å². The van der Waals surface area contributed by atoms with E-state index in [1.165, 1.54) is 0 Å². The summed E-state index contributed by atoms with van der Waals surface area (Å²) >= 11 is 0. The van der Waals surface area contributed by atoms with Crippen LogP contribution in [0, 0.1) is 5.92 Å². The van der Waals surface area contributed by atoms with E-state index in [9.17, 15) is 18.0 Å². The molecule has 5 rings (SSSR count). The number of nitrogens with zero attached hydrogens (tertiary/aromatic N) is 4. The maximum Gasteiger partial charge on any atom is 0.328 e. The topological polar surface area (TPSA) is 149 Å². The number of carbonyl (C=O) groups is 2. The molecule has 0 aromatic heterocycles. The largest absolute Gasteiger partial charge is 0.497 e. The molecule has 12 nitrogen and oxygen atoms in total. The van der Waals surface area contributed by atoms with Crippen LogP contribution in [0.3, 0.4) is 0 Å². The summed E-state index contributed by atoms with van der Waals surface area (Å²) in [7, 11) is 2.18. The maximum atomic E-state index is 13.2. The third-order valence-electron chi connectivity index (χ3n) is 8.17. The number of likely N-dealkylation sites (N-methyl/N-ethyl adjacent to an activating group) is 1. The summed E-state index contributed by atoms with van der Waals surface area (Å²) in [4.78, 5) is 24.0. The average Bonchev–Trinajstić information content (AvgIpc) is 3.39. The van der Waals surface area contributed by atoms with Crippen LogP contribution in [0.5, 0.6) is 11.5 Å².